The summed E-state index contributed by atoms with van der Waals surface area (Å²) in [4.78, 5) is 27.1. The number of nitrogens with one attached hydrogen (secondary N) is 2. The third-order valence-corrected chi connectivity index (χ3v) is 3.80. The first-order chi connectivity index (χ1) is 10.0. The van der Waals surface area contributed by atoms with E-state index in [0.29, 0.717) is 27.8 Å². The first-order valence-corrected chi connectivity index (χ1v) is 7.46. The number of fused-ring (bicyclic) bond motifs is 1. The molecule has 0 saturated carbocycles. The monoisotopic (exact) mass is 305 g/mol. The Morgan fingerprint density at radius 3 is 2.86 bits per heavy atom. The molecule has 2 aromatic rings. The van der Waals surface area contributed by atoms with Crippen LogP contribution in [0.3, 0.4) is 0 Å². The molecule has 6 heteroatoms. The van der Waals surface area contributed by atoms with Gasteiger partial charge in [-0.05, 0) is 36.8 Å². The number of nitrogens with zero attached hydrogens (tertiary/aromatic N) is 1. The van der Waals surface area contributed by atoms with Gasteiger partial charge in [0.2, 0.25) is 0 Å². The van der Waals surface area contributed by atoms with E-state index in [9.17, 15) is 9.59 Å². The van der Waals surface area contributed by atoms with Crippen LogP contribution >= 0.6 is 12.2 Å². The van der Waals surface area contributed by atoms with E-state index in [1.807, 2.05) is 0 Å². The third-order valence-electron chi connectivity index (χ3n) is 3.43. The van der Waals surface area contributed by atoms with Gasteiger partial charge in [0.25, 0.3) is 11.5 Å². The highest BCUT2D eigenvalue weighted by Gasteiger charge is 2.08. The molecule has 0 aliphatic carbocycles. The van der Waals surface area contributed by atoms with Gasteiger partial charge < -0.3 is 10.3 Å². The summed E-state index contributed by atoms with van der Waals surface area (Å²) in [5.41, 5.74) is 0.950. The number of aromatic nitrogens is 2. The Labute approximate surface area is 128 Å². The minimum Gasteiger partial charge on any atom is -0.352 e. The van der Waals surface area contributed by atoms with Crippen molar-refractivity contribution >= 4 is 29.0 Å². The molecule has 1 aromatic heterocycles. The number of hydrogen-bond acceptors (Lipinski definition) is 3. The summed E-state index contributed by atoms with van der Waals surface area (Å²) in [5, 5.41) is 3.40. The van der Waals surface area contributed by atoms with Crippen LogP contribution in [0.5, 0.6) is 0 Å². The van der Waals surface area contributed by atoms with Gasteiger partial charge in [-0.15, -0.1) is 0 Å². The van der Waals surface area contributed by atoms with Crippen LogP contribution in [-0.2, 0) is 7.05 Å². The Balaban J connectivity index is 2.27. The van der Waals surface area contributed by atoms with Gasteiger partial charge in [0.05, 0.1) is 10.9 Å². The largest absolute Gasteiger partial charge is 0.352 e. The van der Waals surface area contributed by atoms with E-state index < -0.39 is 0 Å². The van der Waals surface area contributed by atoms with Crippen LogP contribution in [0.25, 0.3) is 10.9 Å². The van der Waals surface area contributed by atoms with Crippen LogP contribution in [0.2, 0.25) is 0 Å². The number of rotatable bonds is 5. The Morgan fingerprint density at radius 1 is 1.38 bits per heavy atom. The van der Waals surface area contributed by atoms with Gasteiger partial charge in [-0.2, -0.15) is 0 Å². The Hall–Kier alpha value is -1.95. The van der Waals surface area contributed by atoms with Crippen molar-refractivity contribution in [3.63, 3.8) is 0 Å². The molecule has 1 amide bonds. The summed E-state index contributed by atoms with van der Waals surface area (Å²) >= 11 is 5.08. The zero-order valence-electron chi connectivity index (χ0n) is 12.2. The highest BCUT2D eigenvalue weighted by atomic mass is 32.1. The lowest BCUT2D eigenvalue weighted by atomic mass is 10.1. The predicted octanol–water partition coefficient (Wildman–Crippen LogP) is 2.52. The topological polar surface area (TPSA) is 66.9 Å². The standard InChI is InChI=1S/C15H19N3O2S/c1-3-4-5-8-16-13(19)10-6-7-11-12(9-10)17-15(21)18(2)14(11)20/h6-7,9H,3-5,8H2,1-2H3,(H,16,19)(H,17,21). The van der Waals surface area contributed by atoms with Crippen LogP contribution in [0.15, 0.2) is 23.0 Å². The summed E-state index contributed by atoms with van der Waals surface area (Å²) in [6.07, 6.45) is 3.19. The number of hydrogen-bond donors (Lipinski definition) is 2. The van der Waals surface area contributed by atoms with Gasteiger partial charge in [0.1, 0.15) is 0 Å². The Bertz CT molecular complexity index is 777. The second kappa shape index (κ2) is 6.67. The summed E-state index contributed by atoms with van der Waals surface area (Å²) in [5.74, 6) is -0.131. The van der Waals surface area contributed by atoms with E-state index in [4.69, 9.17) is 12.2 Å². The number of aromatic amines is 1. The van der Waals surface area contributed by atoms with Gasteiger partial charge in [-0.1, -0.05) is 19.8 Å². The first-order valence-electron chi connectivity index (χ1n) is 7.06. The molecular weight excluding hydrogens is 286 g/mol. The maximum atomic E-state index is 12.1. The van der Waals surface area contributed by atoms with Gasteiger partial charge >= 0.3 is 0 Å². The quantitative estimate of drug-likeness (QED) is 0.659. The second-order valence-corrected chi connectivity index (χ2v) is 5.40. The molecule has 0 bridgehead atoms. The average molecular weight is 305 g/mol. The third kappa shape index (κ3) is 3.39. The zero-order valence-corrected chi connectivity index (χ0v) is 13.0. The van der Waals surface area contributed by atoms with Crippen LogP contribution in [0.4, 0.5) is 0 Å². The van der Waals surface area contributed by atoms with E-state index in [1.165, 1.54) is 4.57 Å². The van der Waals surface area contributed by atoms with E-state index in [2.05, 4.69) is 17.2 Å². The van der Waals surface area contributed by atoms with Crippen LogP contribution in [0.1, 0.15) is 36.5 Å². The fourth-order valence-electron chi connectivity index (χ4n) is 2.13. The molecule has 0 fully saturated rings. The maximum Gasteiger partial charge on any atom is 0.261 e. The molecule has 5 nitrogen and oxygen atoms in total. The van der Waals surface area contributed by atoms with E-state index in [-0.39, 0.29) is 11.5 Å². The predicted molar refractivity (Wildman–Crippen MR) is 86.2 cm³/mol. The fourth-order valence-corrected chi connectivity index (χ4v) is 2.32. The molecular formula is C15H19N3O2S. The number of benzene rings is 1. The minimum atomic E-state index is -0.163. The number of carbonyl (C=O) groups excluding carboxylic acids is 1. The highest BCUT2D eigenvalue weighted by Crippen LogP contribution is 2.10. The molecule has 0 spiro atoms. The molecule has 112 valence electrons. The van der Waals surface area contributed by atoms with Crippen molar-refractivity contribution in [1.29, 1.82) is 0 Å². The van der Waals surface area contributed by atoms with Gasteiger partial charge in [0, 0.05) is 19.2 Å². The molecule has 0 aliphatic heterocycles. The Morgan fingerprint density at radius 2 is 2.14 bits per heavy atom. The number of unbranched alkanes of at least 4 members (excludes halogenated alkanes) is 2. The molecule has 1 aromatic carbocycles. The zero-order chi connectivity index (χ0) is 15.4. The van der Waals surface area contributed by atoms with Crippen LogP contribution < -0.4 is 10.9 Å². The average Bonchev–Trinajstić information content (AvgIpc) is 2.48. The number of carbonyl (C=O) groups is 1. The van der Waals surface area contributed by atoms with Crippen molar-refractivity contribution in [3.05, 3.63) is 38.9 Å². The number of H-pyrrole nitrogens is 1. The molecule has 2 N–H and O–H groups in total. The summed E-state index contributed by atoms with van der Waals surface area (Å²) in [7, 11) is 1.62. The van der Waals surface area contributed by atoms with Crippen molar-refractivity contribution in [2.24, 2.45) is 7.05 Å². The summed E-state index contributed by atoms with van der Waals surface area (Å²) in [6, 6.07) is 4.99. The molecule has 0 saturated heterocycles. The highest BCUT2D eigenvalue weighted by molar-refractivity contribution is 7.71. The van der Waals surface area contributed by atoms with Gasteiger partial charge in [-0.25, -0.2) is 0 Å². The molecule has 0 unspecified atom stereocenters. The molecule has 21 heavy (non-hydrogen) atoms. The van der Waals surface area contributed by atoms with Crippen molar-refractivity contribution < 1.29 is 4.79 Å². The van der Waals surface area contributed by atoms with Gasteiger partial charge in [0.15, 0.2) is 4.77 Å². The lowest BCUT2D eigenvalue weighted by Gasteiger charge is -2.07. The van der Waals surface area contributed by atoms with Crippen molar-refractivity contribution in [1.82, 2.24) is 14.9 Å². The lowest BCUT2D eigenvalue weighted by molar-refractivity contribution is 0.0953. The minimum absolute atomic E-state index is 0.131. The molecule has 0 aliphatic rings. The van der Waals surface area contributed by atoms with E-state index >= 15 is 0 Å². The fraction of sp³-hybridized carbons (Fsp3) is 0.400. The van der Waals surface area contributed by atoms with Crippen molar-refractivity contribution in [2.75, 3.05) is 6.54 Å². The second-order valence-electron chi connectivity index (χ2n) is 5.02. The van der Waals surface area contributed by atoms with Crippen molar-refractivity contribution in [2.45, 2.75) is 26.2 Å². The smallest absolute Gasteiger partial charge is 0.261 e. The first kappa shape index (κ1) is 15.4. The van der Waals surface area contributed by atoms with Crippen LogP contribution in [-0.4, -0.2) is 22.0 Å². The van der Waals surface area contributed by atoms with Gasteiger partial charge in [-0.3, -0.25) is 14.2 Å². The summed E-state index contributed by atoms with van der Waals surface area (Å²) in [6.45, 7) is 2.78. The van der Waals surface area contributed by atoms with E-state index in [1.54, 1.807) is 25.2 Å². The summed E-state index contributed by atoms with van der Waals surface area (Å²) < 4.78 is 1.72. The lowest BCUT2D eigenvalue weighted by Crippen LogP contribution is -2.25. The van der Waals surface area contributed by atoms with E-state index in [0.717, 1.165) is 19.3 Å². The van der Waals surface area contributed by atoms with Crippen molar-refractivity contribution in [3.8, 4) is 0 Å². The SMILES string of the molecule is CCCCCNC(=O)c1ccc2c(=O)n(C)c(=S)[nH]c2c1. The number of amides is 1. The van der Waals surface area contributed by atoms with Crippen LogP contribution in [0, 0.1) is 4.77 Å². The maximum absolute atomic E-state index is 12.1. The Kier molecular flexibility index (Phi) is 4.90. The molecule has 0 radical (unpaired) electrons. The molecule has 1 heterocycles. The molecule has 2 rings (SSSR count). The normalized spacial score (nSPS) is 10.8. The molecule has 0 atom stereocenters.